The van der Waals surface area contributed by atoms with Crippen molar-refractivity contribution >= 4 is 35.3 Å². The van der Waals surface area contributed by atoms with Crippen LogP contribution in [0.5, 0.6) is 5.75 Å². The fraction of sp³-hybridized carbons (Fsp3) is 0.176. The summed E-state index contributed by atoms with van der Waals surface area (Å²) in [6, 6.07) is 11.6. The Morgan fingerprint density at radius 3 is 2.62 bits per heavy atom. The lowest BCUT2D eigenvalue weighted by molar-refractivity contribution is 0.0955. The number of carbonyl (C=O) groups is 1. The van der Waals surface area contributed by atoms with Crippen molar-refractivity contribution in [2.45, 2.75) is 6.42 Å². The number of nitrogens with one attached hydrogen (secondary N) is 1. The van der Waals surface area contributed by atoms with Crippen LogP contribution in [0, 0.1) is 0 Å². The first-order valence-corrected chi connectivity index (χ1v) is 7.93. The fourth-order valence-corrected chi connectivity index (χ4v) is 2.29. The maximum absolute atomic E-state index is 12.0. The van der Waals surface area contributed by atoms with Crippen LogP contribution >= 0.6 is 23.2 Å². The Balaban J connectivity index is 1.90. The van der Waals surface area contributed by atoms with E-state index in [1.807, 2.05) is 0 Å². The molecule has 2 rings (SSSR count). The summed E-state index contributed by atoms with van der Waals surface area (Å²) in [6.07, 6.45) is 1.86. The summed E-state index contributed by atoms with van der Waals surface area (Å²) in [5.41, 5.74) is 3.45. The summed E-state index contributed by atoms with van der Waals surface area (Å²) in [4.78, 5) is 12.0. The number of carbonyl (C=O) groups excluding carboxylic acids is 1. The summed E-state index contributed by atoms with van der Waals surface area (Å²) in [5, 5.41) is 4.59. The van der Waals surface area contributed by atoms with Gasteiger partial charge in [0.1, 0.15) is 5.75 Å². The van der Waals surface area contributed by atoms with Crippen LogP contribution in [0.4, 0.5) is 4.39 Å². The fourth-order valence-electron chi connectivity index (χ4n) is 1.79. The van der Waals surface area contributed by atoms with Crippen molar-refractivity contribution < 1.29 is 13.9 Å². The highest BCUT2D eigenvalue weighted by Crippen LogP contribution is 2.20. The molecule has 0 spiro atoms. The van der Waals surface area contributed by atoms with E-state index in [-0.39, 0.29) is 10.6 Å². The molecule has 0 aliphatic rings. The Morgan fingerprint density at radius 1 is 1.21 bits per heavy atom. The van der Waals surface area contributed by atoms with E-state index in [9.17, 15) is 9.18 Å². The van der Waals surface area contributed by atoms with Gasteiger partial charge in [0.15, 0.2) is 0 Å². The number of alkyl halides is 1. The van der Waals surface area contributed by atoms with Crippen molar-refractivity contribution in [3.05, 3.63) is 63.6 Å². The summed E-state index contributed by atoms with van der Waals surface area (Å²) < 4.78 is 17.3. The molecule has 0 aliphatic heterocycles. The van der Waals surface area contributed by atoms with Crippen molar-refractivity contribution in [1.29, 1.82) is 0 Å². The molecule has 2 aromatic carbocycles. The lowest BCUT2D eigenvalue weighted by Crippen LogP contribution is -2.18. The number of hydrazone groups is 1. The minimum absolute atomic E-state index is 0.255. The normalized spacial score (nSPS) is 10.8. The zero-order valence-electron chi connectivity index (χ0n) is 12.6. The summed E-state index contributed by atoms with van der Waals surface area (Å²) in [6.45, 7) is -0.0656. The van der Waals surface area contributed by atoms with E-state index < -0.39 is 12.6 Å². The third-order valence-corrected chi connectivity index (χ3v) is 3.53. The van der Waals surface area contributed by atoms with E-state index in [0.717, 1.165) is 5.56 Å². The van der Waals surface area contributed by atoms with Gasteiger partial charge in [-0.3, -0.25) is 9.18 Å². The van der Waals surface area contributed by atoms with Gasteiger partial charge < -0.3 is 4.74 Å². The molecular formula is C17H15Cl2FN2O2. The van der Waals surface area contributed by atoms with Gasteiger partial charge in [-0.25, -0.2) is 5.43 Å². The number of amides is 1. The highest BCUT2D eigenvalue weighted by atomic mass is 35.5. The predicted octanol–water partition coefficient (Wildman–Crippen LogP) is 4.50. The number of nitrogens with zero attached hydrogens (tertiary/aromatic N) is 1. The van der Waals surface area contributed by atoms with E-state index in [0.29, 0.717) is 23.8 Å². The third kappa shape index (κ3) is 5.51. The average molecular weight is 369 g/mol. The van der Waals surface area contributed by atoms with Gasteiger partial charge in [0.2, 0.25) is 0 Å². The topological polar surface area (TPSA) is 50.7 Å². The summed E-state index contributed by atoms with van der Waals surface area (Å²) in [7, 11) is 0. The van der Waals surface area contributed by atoms with Gasteiger partial charge in [0.25, 0.3) is 5.91 Å². The third-order valence-electron chi connectivity index (χ3n) is 2.98. The molecule has 0 fully saturated rings. The standard InChI is InChI=1S/C17H15Cl2FN2O2/c18-13-4-7-15(16(19)10-13)17(23)22-21-11-12-2-5-14(6-3-12)24-9-1-8-20/h2-7,10-11H,1,8-9H2,(H,22,23)/b21-11+. The van der Waals surface area contributed by atoms with Crippen molar-refractivity contribution in [3.63, 3.8) is 0 Å². The zero-order valence-corrected chi connectivity index (χ0v) is 14.1. The SMILES string of the molecule is O=C(N/N=C/c1ccc(OCCCF)cc1)c1ccc(Cl)cc1Cl. The van der Waals surface area contributed by atoms with Crippen molar-refractivity contribution in [3.8, 4) is 5.75 Å². The summed E-state index contributed by atoms with van der Waals surface area (Å²) >= 11 is 11.7. The number of benzene rings is 2. The molecule has 4 nitrogen and oxygen atoms in total. The average Bonchev–Trinajstić information content (AvgIpc) is 2.56. The molecule has 7 heteroatoms. The predicted molar refractivity (Wildman–Crippen MR) is 94.1 cm³/mol. The van der Waals surface area contributed by atoms with Gasteiger partial charge in [-0.15, -0.1) is 0 Å². The summed E-state index contributed by atoms with van der Waals surface area (Å²) in [5.74, 6) is 0.219. The molecule has 2 aromatic rings. The van der Waals surface area contributed by atoms with Crippen LogP contribution in [0.25, 0.3) is 0 Å². The van der Waals surface area contributed by atoms with Gasteiger partial charge in [0.05, 0.1) is 30.1 Å². The molecular weight excluding hydrogens is 354 g/mol. The van der Waals surface area contributed by atoms with Gasteiger partial charge in [-0.2, -0.15) is 5.10 Å². The number of rotatable bonds is 7. The first kappa shape index (κ1) is 18.2. The second-order valence-corrected chi connectivity index (χ2v) is 5.63. The van der Waals surface area contributed by atoms with E-state index in [4.69, 9.17) is 27.9 Å². The Kier molecular flexibility index (Phi) is 7.03. The maximum atomic E-state index is 12.0. The maximum Gasteiger partial charge on any atom is 0.272 e. The Labute approximate surface area is 149 Å². The minimum Gasteiger partial charge on any atom is -0.493 e. The molecule has 24 heavy (non-hydrogen) atoms. The van der Waals surface area contributed by atoms with Crippen LogP contribution in [-0.4, -0.2) is 25.4 Å². The van der Waals surface area contributed by atoms with Crippen LogP contribution in [-0.2, 0) is 0 Å². The van der Waals surface area contributed by atoms with Crippen LogP contribution < -0.4 is 10.2 Å². The molecule has 0 aliphatic carbocycles. The Hall–Kier alpha value is -2.11. The first-order valence-electron chi connectivity index (χ1n) is 7.17. The monoisotopic (exact) mass is 368 g/mol. The molecule has 0 radical (unpaired) electrons. The molecule has 1 N–H and O–H groups in total. The lowest BCUT2D eigenvalue weighted by atomic mass is 10.2. The molecule has 0 unspecified atom stereocenters. The van der Waals surface area contributed by atoms with Crippen LogP contribution in [0.15, 0.2) is 47.6 Å². The first-order chi connectivity index (χ1) is 11.6. The molecule has 126 valence electrons. The molecule has 0 bridgehead atoms. The van der Waals surface area contributed by atoms with Crippen LogP contribution in [0.3, 0.4) is 0 Å². The second-order valence-electron chi connectivity index (χ2n) is 4.78. The van der Waals surface area contributed by atoms with Crippen molar-refractivity contribution in [2.24, 2.45) is 5.10 Å². The number of halogens is 3. The molecule has 0 aromatic heterocycles. The van der Waals surface area contributed by atoms with E-state index in [2.05, 4.69) is 10.5 Å². The molecule has 1 amide bonds. The van der Waals surface area contributed by atoms with Gasteiger partial charge >= 0.3 is 0 Å². The van der Waals surface area contributed by atoms with Crippen molar-refractivity contribution in [2.75, 3.05) is 13.3 Å². The Bertz CT molecular complexity index is 721. The molecule has 0 heterocycles. The van der Waals surface area contributed by atoms with Crippen LogP contribution in [0.2, 0.25) is 10.0 Å². The molecule has 0 saturated heterocycles. The highest BCUT2D eigenvalue weighted by molar-refractivity contribution is 6.36. The smallest absolute Gasteiger partial charge is 0.272 e. The van der Waals surface area contributed by atoms with E-state index in [1.165, 1.54) is 18.3 Å². The molecule has 0 atom stereocenters. The quantitative estimate of drug-likeness (QED) is 0.444. The minimum atomic E-state index is -0.431. The lowest BCUT2D eigenvalue weighted by Gasteiger charge is -2.04. The molecule has 0 saturated carbocycles. The zero-order chi connectivity index (χ0) is 17.4. The number of hydrogen-bond donors (Lipinski definition) is 1. The number of ether oxygens (including phenoxy) is 1. The van der Waals surface area contributed by atoms with E-state index >= 15 is 0 Å². The van der Waals surface area contributed by atoms with Gasteiger partial charge in [0, 0.05) is 11.4 Å². The van der Waals surface area contributed by atoms with E-state index in [1.54, 1.807) is 30.3 Å². The largest absolute Gasteiger partial charge is 0.493 e. The Morgan fingerprint density at radius 2 is 1.96 bits per heavy atom. The number of hydrogen-bond acceptors (Lipinski definition) is 3. The van der Waals surface area contributed by atoms with Gasteiger partial charge in [-0.1, -0.05) is 23.2 Å². The van der Waals surface area contributed by atoms with Crippen LogP contribution in [0.1, 0.15) is 22.3 Å². The van der Waals surface area contributed by atoms with Crippen molar-refractivity contribution in [1.82, 2.24) is 5.43 Å². The highest BCUT2D eigenvalue weighted by Gasteiger charge is 2.09. The second kappa shape index (κ2) is 9.25. The van der Waals surface area contributed by atoms with Gasteiger partial charge in [-0.05, 0) is 48.0 Å².